The van der Waals surface area contributed by atoms with Gasteiger partial charge in [0.2, 0.25) is 6.08 Å². The number of rotatable bonds is 1. The van der Waals surface area contributed by atoms with Crippen LogP contribution in [0.2, 0.25) is 0 Å². The fraction of sp³-hybridized carbons (Fsp3) is 0.0714. The van der Waals surface area contributed by atoms with E-state index in [0.717, 1.165) is 12.0 Å². The summed E-state index contributed by atoms with van der Waals surface area (Å²) in [6.07, 6.45) is 6.68. The van der Waals surface area contributed by atoms with Gasteiger partial charge in [-0.15, -0.1) is 0 Å². The molecule has 0 aliphatic heterocycles. The summed E-state index contributed by atoms with van der Waals surface area (Å²) >= 11 is 0. The molecule has 0 spiro atoms. The summed E-state index contributed by atoms with van der Waals surface area (Å²) in [5.41, 5.74) is 3.02. The molecule has 2 nitrogen and oxygen atoms in total. The molecule has 0 heterocycles. The van der Waals surface area contributed by atoms with E-state index in [0.29, 0.717) is 5.69 Å². The van der Waals surface area contributed by atoms with Crippen molar-refractivity contribution in [3.63, 3.8) is 0 Å². The van der Waals surface area contributed by atoms with E-state index < -0.39 is 0 Å². The quantitative estimate of drug-likeness (QED) is 0.520. The van der Waals surface area contributed by atoms with Crippen molar-refractivity contribution in [3.8, 4) is 0 Å². The van der Waals surface area contributed by atoms with Crippen LogP contribution in [-0.2, 0) is 11.2 Å². The lowest BCUT2D eigenvalue weighted by molar-refractivity contribution is 0.565. The molecule has 0 fully saturated rings. The van der Waals surface area contributed by atoms with Gasteiger partial charge in [0.25, 0.3) is 0 Å². The van der Waals surface area contributed by atoms with E-state index in [4.69, 9.17) is 0 Å². The number of allylic oxidation sites excluding steroid dienone is 1. The SMILES string of the molecule is O=C=Nc1ccc2cccc3c2c1C=CC3. The second-order valence-electron chi connectivity index (χ2n) is 3.82. The fourth-order valence-corrected chi connectivity index (χ4v) is 2.26. The minimum absolute atomic E-state index is 0.700. The third-order valence-electron chi connectivity index (χ3n) is 2.94. The molecular formula is C14H9NO. The van der Waals surface area contributed by atoms with E-state index in [9.17, 15) is 4.79 Å². The van der Waals surface area contributed by atoms with Crippen LogP contribution >= 0.6 is 0 Å². The first-order chi connectivity index (χ1) is 7.90. The second-order valence-corrected chi connectivity index (χ2v) is 3.82. The molecule has 0 N–H and O–H groups in total. The third-order valence-corrected chi connectivity index (χ3v) is 2.94. The van der Waals surface area contributed by atoms with Gasteiger partial charge >= 0.3 is 0 Å². The number of nitrogens with zero attached hydrogens (tertiary/aromatic N) is 1. The molecule has 3 rings (SSSR count). The number of isocyanates is 1. The van der Waals surface area contributed by atoms with Crippen LogP contribution in [-0.4, -0.2) is 6.08 Å². The minimum Gasteiger partial charge on any atom is -0.211 e. The Morgan fingerprint density at radius 3 is 3.00 bits per heavy atom. The number of hydrogen-bond donors (Lipinski definition) is 0. The summed E-state index contributed by atoms with van der Waals surface area (Å²) in [7, 11) is 0. The summed E-state index contributed by atoms with van der Waals surface area (Å²) in [4.78, 5) is 14.1. The predicted octanol–water partition coefficient (Wildman–Crippen LogP) is 3.38. The molecule has 0 saturated carbocycles. The van der Waals surface area contributed by atoms with Crippen molar-refractivity contribution in [2.75, 3.05) is 0 Å². The van der Waals surface area contributed by atoms with Gasteiger partial charge in [0.05, 0.1) is 5.69 Å². The van der Waals surface area contributed by atoms with Gasteiger partial charge in [-0.2, -0.15) is 4.99 Å². The summed E-state index contributed by atoms with van der Waals surface area (Å²) < 4.78 is 0. The van der Waals surface area contributed by atoms with Gasteiger partial charge in [0, 0.05) is 5.56 Å². The lowest BCUT2D eigenvalue weighted by atomic mass is 9.92. The molecule has 0 atom stereocenters. The van der Waals surface area contributed by atoms with E-state index in [1.165, 1.54) is 16.3 Å². The summed E-state index contributed by atoms with van der Waals surface area (Å²) in [5, 5.41) is 2.41. The maximum Gasteiger partial charge on any atom is 0.240 e. The highest BCUT2D eigenvalue weighted by Crippen LogP contribution is 2.34. The highest BCUT2D eigenvalue weighted by molar-refractivity contribution is 5.99. The number of hydrogen-bond acceptors (Lipinski definition) is 2. The fourth-order valence-electron chi connectivity index (χ4n) is 2.26. The highest BCUT2D eigenvalue weighted by atomic mass is 16.1. The Balaban J connectivity index is 2.48. The number of aliphatic imine (C=N–C) groups is 1. The monoisotopic (exact) mass is 207 g/mol. The van der Waals surface area contributed by atoms with Crippen molar-refractivity contribution >= 4 is 28.6 Å². The molecule has 2 aromatic carbocycles. The molecule has 1 aliphatic rings. The van der Waals surface area contributed by atoms with Crippen LogP contribution < -0.4 is 0 Å². The molecule has 0 bridgehead atoms. The topological polar surface area (TPSA) is 29.4 Å². The van der Waals surface area contributed by atoms with Crippen molar-refractivity contribution in [1.29, 1.82) is 0 Å². The smallest absolute Gasteiger partial charge is 0.211 e. The van der Waals surface area contributed by atoms with Gasteiger partial charge in [-0.25, -0.2) is 4.79 Å². The lowest BCUT2D eigenvalue weighted by Crippen LogP contribution is -1.92. The van der Waals surface area contributed by atoms with Gasteiger partial charge in [-0.3, -0.25) is 0 Å². The Kier molecular flexibility index (Phi) is 1.95. The molecule has 76 valence electrons. The molecule has 0 amide bonds. The van der Waals surface area contributed by atoms with Gasteiger partial charge in [0.1, 0.15) is 0 Å². The number of benzene rings is 2. The van der Waals surface area contributed by atoms with Gasteiger partial charge < -0.3 is 0 Å². The Bertz CT molecular complexity index is 649. The summed E-state index contributed by atoms with van der Waals surface area (Å²) in [5.74, 6) is 0. The molecule has 16 heavy (non-hydrogen) atoms. The molecule has 1 aliphatic carbocycles. The third kappa shape index (κ3) is 1.21. The zero-order chi connectivity index (χ0) is 11.0. The first-order valence-corrected chi connectivity index (χ1v) is 5.19. The zero-order valence-electron chi connectivity index (χ0n) is 8.60. The maximum absolute atomic E-state index is 10.4. The van der Waals surface area contributed by atoms with E-state index in [1.54, 1.807) is 6.08 Å². The standard InChI is InChI=1S/C14H9NO/c16-9-15-13-8-7-11-4-1-3-10-5-2-6-12(13)14(10)11/h1-4,6-8H,5H2. The molecule has 0 unspecified atom stereocenters. The molecule has 0 saturated heterocycles. The highest BCUT2D eigenvalue weighted by Gasteiger charge is 2.11. The van der Waals surface area contributed by atoms with Crippen molar-refractivity contribution in [1.82, 2.24) is 0 Å². The van der Waals surface area contributed by atoms with Crippen molar-refractivity contribution < 1.29 is 4.79 Å². The Labute approximate surface area is 92.9 Å². The average molecular weight is 207 g/mol. The molecular weight excluding hydrogens is 198 g/mol. The van der Waals surface area contributed by atoms with Crippen LogP contribution in [0.1, 0.15) is 11.1 Å². The van der Waals surface area contributed by atoms with Gasteiger partial charge in [0.15, 0.2) is 0 Å². The molecule has 2 heteroatoms. The average Bonchev–Trinajstić information content (AvgIpc) is 2.33. The van der Waals surface area contributed by atoms with Gasteiger partial charge in [-0.05, 0) is 28.8 Å². The minimum atomic E-state index is 0.700. The van der Waals surface area contributed by atoms with Crippen LogP contribution in [0.4, 0.5) is 5.69 Å². The van der Waals surface area contributed by atoms with Crippen LogP contribution in [0.3, 0.4) is 0 Å². The van der Waals surface area contributed by atoms with Crippen molar-refractivity contribution in [2.24, 2.45) is 4.99 Å². The van der Waals surface area contributed by atoms with Crippen molar-refractivity contribution in [2.45, 2.75) is 6.42 Å². The Morgan fingerprint density at radius 2 is 2.12 bits per heavy atom. The van der Waals surface area contributed by atoms with E-state index in [-0.39, 0.29) is 0 Å². The molecule has 0 radical (unpaired) electrons. The summed E-state index contributed by atoms with van der Waals surface area (Å²) in [6, 6.07) is 10.1. The predicted molar refractivity (Wildman–Crippen MR) is 64.5 cm³/mol. The lowest BCUT2D eigenvalue weighted by Gasteiger charge is -2.13. The summed E-state index contributed by atoms with van der Waals surface area (Å²) in [6.45, 7) is 0. The first kappa shape index (κ1) is 9.08. The second kappa shape index (κ2) is 3.44. The Hall–Kier alpha value is -2.18. The van der Waals surface area contributed by atoms with Crippen LogP contribution in [0.25, 0.3) is 16.8 Å². The van der Waals surface area contributed by atoms with Crippen LogP contribution in [0.5, 0.6) is 0 Å². The van der Waals surface area contributed by atoms with Crippen LogP contribution in [0.15, 0.2) is 41.4 Å². The first-order valence-electron chi connectivity index (χ1n) is 5.19. The Morgan fingerprint density at radius 1 is 1.19 bits per heavy atom. The maximum atomic E-state index is 10.4. The normalized spacial score (nSPS) is 12.5. The van der Waals surface area contributed by atoms with Crippen molar-refractivity contribution in [3.05, 3.63) is 47.5 Å². The molecule has 0 aromatic heterocycles. The zero-order valence-corrected chi connectivity index (χ0v) is 8.60. The molecule has 2 aromatic rings. The number of carbonyl (C=O) groups excluding carboxylic acids is 1. The van der Waals surface area contributed by atoms with E-state index in [2.05, 4.69) is 29.3 Å². The van der Waals surface area contributed by atoms with E-state index in [1.807, 2.05) is 18.2 Å². The largest absolute Gasteiger partial charge is 0.240 e. The van der Waals surface area contributed by atoms with Gasteiger partial charge in [-0.1, -0.05) is 36.4 Å². The van der Waals surface area contributed by atoms with E-state index >= 15 is 0 Å². The van der Waals surface area contributed by atoms with Crippen LogP contribution in [0, 0.1) is 0 Å².